The first kappa shape index (κ1) is 56.6. The number of phosphoric ester groups is 3. The first-order valence-electron chi connectivity index (χ1n) is 20.2. The molecule has 0 aromatic carbocycles. The number of hydrogen-bond acceptors (Lipinski definition) is 19. The number of carbonyl (C=O) groups excluding carboxylic acids is 3. The number of nitrogens with two attached hydrogens (primary N) is 1. The molecule has 0 bridgehead atoms. The molecule has 3 rings (SSSR count). The first-order valence-corrected chi connectivity index (χ1v) is 25.7. The number of aliphatic hydroxyl groups is 2. The number of ether oxygens (including phenoxy) is 1. The summed E-state index contributed by atoms with van der Waals surface area (Å²) in [6.07, 6.45) is 8.75. The number of imidazole rings is 1. The van der Waals surface area contributed by atoms with Gasteiger partial charge in [0.1, 0.15) is 36.3 Å². The molecule has 0 aliphatic carbocycles. The minimum absolute atomic E-state index is 0.00727. The van der Waals surface area contributed by atoms with Gasteiger partial charge in [0.25, 0.3) is 0 Å². The molecule has 1 aliphatic heterocycles. The summed E-state index contributed by atoms with van der Waals surface area (Å²) in [5, 5.41) is 35.0. The van der Waals surface area contributed by atoms with Gasteiger partial charge in [-0.1, -0.05) is 75.3 Å². The summed E-state index contributed by atoms with van der Waals surface area (Å²) in [5.74, 6) is -2.13. The van der Waals surface area contributed by atoms with Crippen LogP contribution < -0.4 is 16.4 Å². The van der Waals surface area contributed by atoms with Gasteiger partial charge in [0.2, 0.25) is 11.8 Å². The third-order valence-electron chi connectivity index (χ3n) is 9.22. The Morgan fingerprint density at radius 1 is 0.939 bits per heavy atom. The maximum Gasteiger partial charge on any atom is 0.481 e. The van der Waals surface area contributed by atoms with Crippen LogP contribution in [0, 0.1) is 5.41 Å². The number of fused-ring (bicyclic) bond motifs is 1. The SMILES string of the molecule is CC(C)(COP(=O)(O)OP(=O)(O)OCC1OC(n2cnc3c(N)ncnc32)C(O)C1OP(=O)(O)O)C(O)C(=O)NCCC(=O)NCCSC(=O)CCCCCCC/C=C/C=C/C=C/C(=O)O. The van der Waals surface area contributed by atoms with E-state index in [1.165, 1.54) is 19.9 Å². The largest absolute Gasteiger partial charge is 0.481 e. The van der Waals surface area contributed by atoms with Gasteiger partial charge in [-0.2, -0.15) is 4.31 Å². The number of carboxylic acids is 1. The number of rotatable bonds is 30. The summed E-state index contributed by atoms with van der Waals surface area (Å²) in [5.41, 5.74) is 4.24. The van der Waals surface area contributed by atoms with Crippen molar-refractivity contribution in [2.75, 3.05) is 37.8 Å². The molecule has 2 amide bonds. The highest BCUT2D eigenvalue weighted by atomic mass is 32.2. The number of aromatic nitrogens is 4. The van der Waals surface area contributed by atoms with Gasteiger partial charge in [-0.15, -0.1) is 0 Å². The standard InChI is InChI=1S/C36H56N7O19P3S/c1-36(2,31(49)34(50)39-17-16-25(44)38-18-19-66-27(47)15-13-11-9-7-5-3-4-6-8-10-12-14-26(45)46)21-59-65(56,57)62-64(54,55)58-20-24-30(61-63(51,52)53)29(48)35(60-24)43-23-42-28-32(37)40-22-41-33(28)43/h4,6,8,10,12,14,22-24,29-31,35,48-49H,3,5,7,9,11,13,15-21H2,1-2H3,(H,38,44)(H,39,50)(H,45,46)(H,54,55)(H,56,57)(H2,37,40,41)(H2,51,52,53)/b6-4+,10-8+,14-12+. The van der Waals surface area contributed by atoms with Crippen molar-refractivity contribution in [2.45, 2.75) is 95.9 Å². The molecule has 1 saturated heterocycles. The molecule has 7 atom stereocenters. The van der Waals surface area contributed by atoms with E-state index in [1.807, 2.05) is 12.2 Å². The number of anilines is 1. The number of aliphatic hydroxyl groups excluding tert-OH is 2. The number of allylic oxidation sites excluding steroid dienone is 5. The van der Waals surface area contributed by atoms with Crippen molar-refractivity contribution in [3.63, 3.8) is 0 Å². The molecule has 2 aromatic heterocycles. The van der Waals surface area contributed by atoms with Gasteiger partial charge in [0, 0.05) is 43.2 Å². The zero-order valence-corrected chi connectivity index (χ0v) is 39.3. The average Bonchev–Trinajstić information content (AvgIpc) is 3.79. The molecule has 7 unspecified atom stereocenters. The van der Waals surface area contributed by atoms with Gasteiger partial charge in [-0.05, 0) is 19.3 Å². The highest BCUT2D eigenvalue weighted by Crippen LogP contribution is 2.61. The van der Waals surface area contributed by atoms with Gasteiger partial charge in [0.15, 0.2) is 22.8 Å². The van der Waals surface area contributed by atoms with Crippen LogP contribution in [0.1, 0.15) is 71.4 Å². The van der Waals surface area contributed by atoms with E-state index in [9.17, 15) is 62.7 Å². The lowest BCUT2D eigenvalue weighted by Crippen LogP contribution is -2.46. The summed E-state index contributed by atoms with van der Waals surface area (Å²) >= 11 is 1.10. The molecule has 1 fully saturated rings. The summed E-state index contributed by atoms with van der Waals surface area (Å²) in [6.45, 7) is 0.449. The van der Waals surface area contributed by atoms with Crippen LogP contribution in [0.15, 0.2) is 49.1 Å². The zero-order valence-electron chi connectivity index (χ0n) is 35.8. The number of unbranched alkanes of at least 4 members (excludes halogenated alkanes) is 5. The molecule has 0 saturated carbocycles. The minimum atomic E-state index is -5.59. The summed E-state index contributed by atoms with van der Waals surface area (Å²) < 4.78 is 62.3. The fourth-order valence-electron chi connectivity index (χ4n) is 5.87. The smallest absolute Gasteiger partial charge is 0.478 e. The molecule has 0 spiro atoms. The van der Waals surface area contributed by atoms with Crippen molar-refractivity contribution in [1.82, 2.24) is 30.2 Å². The fourth-order valence-corrected chi connectivity index (χ4v) is 9.42. The Balaban J connectivity index is 1.33. The number of amides is 2. The second-order valence-corrected chi connectivity index (χ2v) is 20.5. The number of hydrogen-bond donors (Lipinski definition) is 10. The Hall–Kier alpha value is -3.75. The number of phosphoric acid groups is 3. The van der Waals surface area contributed by atoms with Crippen molar-refractivity contribution in [2.24, 2.45) is 5.41 Å². The average molecular weight is 1020 g/mol. The van der Waals surface area contributed by atoms with Gasteiger partial charge >= 0.3 is 29.4 Å². The van der Waals surface area contributed by atoms with Crippen LogP contribution in [0.3, 0.4) is 0 Å². The number of nitrogen functional groups attached to an aromatic ring is 1. The predicted molar refractivity (Wildman–Crippen MR) is 234 cm³/mol. The number of carbonyl (C=O) groups is 4. The van der Waals surface area contributed by atoms with E-state index in [1.54, 1.807) is 12.2 Å². The fraction of sp³-hybridized carbons (Fsp3) is 0.583. The van der Waals surface area contributed by atoms with Crippen molar-refractivity contribution in [3.05, 3.63) is 49.1 Å². The minimum Gasteiger partial charge on any atom is -0.478 e. The maximum absolute atomic E-state index is 12.7. The third kappa shape index (κ3) is 20.2. The van der Waals surface area contributed by atoms with Crippen LogP contribution in [0.2, 0.25) is 0 Å². The number of thioether (sulfide) groups is 1. The molecular formula is C36H56N7O19P3S. The molecule has 1 aliphatic rings. The van der Waals surface area contributed by atoms with Gasteiger partial charge in [-0.3, -0.25) is 32.5 Å². The van der Waals surface area contributed by atoms with Crippen LogP contribution in [0.5, 0.6) is 0 Å². The maximum atomic E-state index is 12.7. The highest BCUT2D eigenvalue weighted by molar-refractivity contribution is 8.13. The van der Waals surface area contributed by atoms with Crippen LogP contribution in [0.4, 0.5) is 5.82 Å². The van der Waals surface area contributed by atoms with E-state index in [0.717, 1.165) is 73.6 Å². The van der Waals surface area contributed by atoms with Crippen molar-refractivity contribution in [3.8, 4) is 0 Å². The van der Waals surface area contributed by atoms with E-state index >= 15 is 0 Å². The van der Waals surface area contributed by atoms with Crippen LogP contribution >= 0.6 is 35.2 Å². The molecule has 11 N–H and O–H groups in total. The topological polar surface area (TPSA) is 401 Å². The first-order chi connectivity index (χ1) is 30.9. The van der Waals surface area contributed by atoms with Gasteiger partial charge < -0.3 is 56.0 Å². The number of aliphatic carboxylic acids is 1. The normalized spacial score (nSPS) is 20.5. The Bertz CT molecular complexity index is 2190. The lowest BCUT2D eigenvalue weighted by Gasteiger charge is -2.30. The second-order valence-electron chi connectivity index (χ2n) is 15.1. The van der Waals surface area contributed by atoms with Gasteiger partial charge in [0.05, 0.1) is 19.5 Å². The number of nitrogens with one attached hydrogen (secondary N) is 2. The molecule has 3 heterocycles. The van der Waals surface area contributed by atoms with Crippen molar-refractivity contribution < 1.29 is 90.4 Å². The second kappa shape index (κ2) is 26.7. The monoisotopic (exact) mass is 1020 g/mol. The molecule has 26 nitrogen and oxygen atoms in total. The lowest BCUT2D eigenvalue weighted by molar-refractivity contribution is -0.137. The van der Waals surface area contributed by atoms with E-state index in [4.69, 9.17) is 24.6 Å². The predicted octanol–water partition coefficient (Wildman–Crippen LogP) is 2.15. The Kier molecular flexibility index (Phi) is 22.9. The van der Waals surface area contributed by atoms with E-state index in [-0.39, 0.29) is 41.6 Å². The molecule has 66 heavy (non-hydrogen) atoms. The van der Waals surface area contributed by atoms with Crippen LogP contribution in [-0.2, 0) is 55.5 Å². The number of nitrogens with zero attached hydrogens (tertiary/aromatic N) is 4. The highest BCUT2D eigenvalue weighted by Gasteiger charge is 2.50. The lowest BCUT2D eigenvalue weighted by atomic mass is 9.87. The molecule has 2 aromatic rings. The van der Waals surface area contributed by atoms with E-state index in [0.29, 0.717) is 12.2 Å². The summed E-state index contributed by atoms with van der Waals surface area (Å²) in [4.78, 5) is 98.5. The third-order valence-corrected chi connectivity index (χ3v) is 13.3. The molecule has 0 radical (unpaired) electrons. The summed E-state index contributed by atoms with van der Waals surface area (Å²) in [6, 6.07) is 0. The zero-order chi connectivity index (χ0) is 49.1. The molecular weight excluding hydrogens is 959 g/mol. The van der Waals surface area contributed by atoms with Gasteiger partial charge in [-0.25, -0.2) is 33.4 Å². The number of carboxylic acid groups (broad SMARTS) is 1. The van der Waals surface area contributed by atoms with Crippen molar-refractivity contribution in [1.29, 1.82) is 0 Å². The summed E-state index contributed by atoms with van der Waals surface area (Å²) in [7, 11) is -16.4. The molecule has 370 valence electrons. The quantitative estimate of drug-likeness (QED) is 0.0232. The molecule has 30 heteroatoms. The van der Waals surface area contributed by atoms with E-state index < -0.39 is 90.5 Å². The Labute approximate surface area is 382 Å². The Morgan fingerprint density at radius 3 is 2.33 bits per heavy atom. The van der Waals surface area contributed by atoms with Crippen LogP contribution in [0.25, 0.3) is 11.2 Å². The Morgan fingerprint density at radius 2 is 1.62 bits per heavy atom. The van der Waals surface area contributed by atoms with Crippen LogP contribution in [-0.4, -0.2) is 134 Å². The van der Waals surface area contributed by atoms with E-state index in [2.05, 4.69) is 34.4 Å². The van der Waals surface area contributed by atoms with Crippen molar-refractivity contribution >= 4 is 75.1 Å².